The first-order chi connectivity index (χ1) is 10.1. The molecule has 2 rings (SSSR count). The number of anilines is 1. The SMILES string of the molecule is CCCc1nc(N(C)C(C)c2ccccc2F)sc1C=O. The normalized spacial score (nSPS) is 12.2. The molecule has 1 atom stereocenters. The quantitative estimate of drug-likeness (QED) is 0.748. The number of aryl methyl sites for hydroxylation is 1. The minimum Gasteiger partial charge on any atom is -0.344 e. The van der Waals surface area contributed by atoms with E-state index in [9.17, 15) is 9.18 Å². The minimum atomic E-state index is -0.224. The predicted octanol–water partition coefficient (Wildman–Crippen LogP) is 4.24. The molecule has 0 bridgehead atoms. The number of halogens is 1. The van der Waals surface area contributed by atoms with Gasteiger partial charge in [0.25, 0.3) is 0 Å². The maximum Gasteiger partial charge on any atom is 0.186 e. The van der Waals surface area contributed by atoms with Crippen molar-refractivity contribution in [1.29, 1.82) is 0 Å². The molecule has 2 aromatic rings. The highest BCUT2D eigenvalue weighted by molar-refractivity contribution is 7.17. The number of nitrogens with zero attached hydrogens (tertiary/aromatic N) is 2. The summed E-state index contributed by atoms with van der Waals surface area (Å²) >= 11 is 1.36. The van der Waals surface area contributed by atoms with Crippen LogP contribution in [0.5, 0.6) is 0 Å². The molecule has 0 amide bonds. The Morgan fingerprint density at radius 2 is 2.14 bits per heavy atom. The molecule has 0 aliphatic rings. The van der Waals surface area contributed by atoms with Crippen LogP contribution in [0.15, 0.2) is 24.3 Å². The highest BCUT2D eigenvalue weighted by Crippen LogP contribution is 2.31. The number of aromatic nitrogens is 1. The highest BCUT2D eigenvalue weighted by Gasteiger charge is 2.20. The number of thiazole rings is 1. The van der Waals surface area contributed by atoms with E-state index in [1.54, 1.807) is 12.1 Å². The second-order valence-electron chi connectivity index (χ2n) is 4.98. The number of benzene rings is 1. The molecule has 21 heavy (non-hydrogen) atoms. The summed E-state index contributed by atoms with van der Waals surface area (Å²) < 4.78 is 13.9. The number of aldehydes is 1. The van der Waals surface area contributed by atoms with Crippen LogP contribution in [0.25, 0.3) is 0 Å². The summed E-state index contributed by atoms with van der Waals surface area (Å²) in [4.78, 5) is 18.2. The lowest BCUT2D eigenvalue weighted by Gasteiger charge is -2.24. The van der Waals surface area contributed by atoms with Crippen molar-refractivity contribution in [2.24, 2.45) is 0 Å². The Balaban J connectivity index is 2.29. The fraction of sp³-hybridized carbons (Fsp3) is 0.375. The third kappa shape index (κ3) is 3.29. The molecule has 1 unspecified atom stereocenters. The second kappa shape index (κ2) is 6.80. The Hall–Kier alpha value is -1.75. The van der Waals surface area contributed by atoms with Crippen LogP contribution in [0.3, 0.4) is 0 Å². The van der Waals surface area contributed by atoms with Gasteiger partial charge in [0.05, 0.1) is 16.6 Å². The fourth-order valence-corrected chi connectivity index (χ4v) is 3.17. The largest absolute Gasteiger partial charge is 0.344 e. The second-order valence-corrected chi connectivity index (χ2v) is 5.99. The molecule has 0 fully saturated rings. The van der Waals surface area contributed by atoms with Gasteiger partial charge in [0, 0.05) is 12.6 Å². The molecule has 0 radical (unpaired) electrons. The van der Waals surface area contributed by atoms with Crippen molar-refractivity contribution >= 4 is 22.8 Å². The summed E-state index contributed by atoms with van der Waals surface area (Å²) in [6.07, 6.45) is 2.58. The number of hydrogen-bond acceptors (Lipinski definition) is 4. The molecule has 0 saturated heterocycles. The van der Waals surface area contributed by atoms with Crippen molar-refractivity contribution < 1.29 is 9.18 Å². The molecule has 5 heteroatoms. The number of hydrogen-bond donors (Lipinski definition) is 0. The van der Waals surface area contributed by atoms with Crippen molar-refractivity contribution in [1.82, 2.24) is 4.98 Å². The Kier molecular flexibility index (Phi) is 5.07. The zero-order chi connectivity index (χ0) is 15.4. The van der Waals surface area contributed by atoms with E-state index in [1.807, 2.05) is 24.9 Å². The first-order valence-corrected chi connectivity index (χ1v) is 7.82. The minimum absolute atomic E-state index is 0.147. The van der Waals surface area contributed by atoms with Crippen LogP contribution in [0.2, 0.25) is 0 Å². The lowest BCUT2D eigenvalue weighted by Crippen LogP contribution is -2.22. The third-order valence-electron chi connectivity index (χ3n) is 3.55. The molecule has 0 saturated carbocycles. The van der Waals surface area contributed by atoms with E-state index >= 15 is 0 Å². The van der Waals surface area contributed by atoms with E-state index in [1.165, 1.54) is 17.4 Å². The molecular weight excluding hydrogens is 287 g/mol. The lowest BCUT2D eigenvalue weighted by molar-refractivity contribution is 0.112. The molecule has 1 heterocycles. The standard InChI is InChI=1S/C16H19FN2OS/c1-4-7-14-15(10-20)21-16(18-14)19(3)11(2)12-8-5-6-9-13(12)17/h5-6,8-11H,4,7H2,1-3H3. The Morgan fingerprint density at radius 1 is 1.43 bits per heavy atom. The first-order valence-electron chi connectivity index (χ1n) is 7.00. The van der Waals surface area contributed by atoms with E-state index in [4.69, 9.17) is 0 Å². The van der Waals surface area contributed by atoms with Crippen molar-refractivity contribution in [3.05, 3.63) is 46.2 Å². The summed E-state index contributed by atoms with van der Waals surface area (Å²) in [7, 11) is 1.88. The van der Waals surface area contributed by atoms with Gasteiger partial charge in [-0.2, -0.15) is 0 Å². The maximum atomic E-state index is 13.9. The van der Waals surface area contributed by atoms with Crippen LogP contribution in [-0.4, -0.2) is 18.3 Å². The van der Waals surface area contributed by atoms with Crippen LogP contribution in [0, 0.1) is 5.82 Å². The van der Waals surface area contributed by atoms with Crippen LogP contribution < -0.4 is 4.90 Å². The first kappa shape index (κ1) is 15.6. The van der Waals surface area contributed by atoms with Gasteiger partial charge in [-0.25, -0.2) is 9.37 Å². The van der Waals surface area contributed by atoms with Gasteiger partial charge >= 0.3 is 0 Å². The van der Waals surface area contributed by atoms with Crippen LogP contribution in [0.4, 0.5) is 9.52 Å². The van der Waals surface area contributed by atoms with Crippen LogP contribution in [0.1, 0.15) is 47.2 Å². The van der Waals surface area contributed by atoms with Crippen LogP contribution in [-0.2, 0) is 6.42 Å². The molecule has 1 aromatic carbocycles. The summed E-state index contributed by atoms with van der Waals surface area (Å²) in [5, 5.41) is 0.747. The lowest BCUT2D eigenvalue weighted by atomic mass is 10.1. The predicted molar refractivity (Wildman–Crippen MR) is 84.7 cm³/mol. The molecule has 0 aliphatic heterocycles. The molecule has 0 spiro atoms. The zero-order valence-corrected chi connectivity index (χ0v) is 13.3. The van der Waals surface area contributed by atoms with Crippen molar-refractivity contribution in [2.45, 2.75) is 32.7 Å². The number of rotatable bonds is 6. The number of carbonyl (C=O) groups is 1. The van der Waals surface area contributed by atoms with E-state index in [0.717, 1.165) is 30.0 Å². The van der Waals surface area contributed by atoms with Gasteiger partial charge in [-0.3, -0.25) is 4.79 Å². The Morgan fingerprint density at radius 3 is 2.76 bits per heavy atom. The molecule has 3 nitrogen and oxygen atoms in total. The van der Waals surface area contributed by atoms with E-state index < -0.39 is 0 Å². The number of carbonyl (C=O) groups excluding carboxylic acids is 1. The summed E-state index contributed by atoms with van der Waals surface area (Å²) in [5.74, 6) is -0.224. The zero-order valence-electron chi connectivity index (χ0n) is 12.5. The van der Waals surface area contributed by atoms with E-state index in [0.29, 0.717) is 10.4 Å². The van der Waals surface area contributed by atoms with Gasteiger partial charge in [0.1, 0.15) is 5.82 Å². The molecule has 0 N–H and O–H groups in total. The van der Waals surface area contributed by atoms with Gasteiger partial charge in [0.2, 0.25) is 0 Å². The van der Waals surface area contributed by atoms with Crippen molar-refractivity contribution in [2.75, 3.05) is 11.9 Å². The Bertz CT molecular complexity index is 626. The third-order valence-corrected chi connectivity index (χ3v) is 4.66. The Labute approximate surface area is 128 Å². The smallest absolute Gasteiger partial charge is 0.186 e. The van der Waals surface area contributed by atoms with E-state index in [-0.39, 0.29) is 11.9 Å². The topological polar surface area (TPSA) is 33.2 Å². The van der Waals surface area contributed by atoms with Gasteiger partial charge in [0.15, 0.2) is 11.4 Å². The van der Waals surface area contributed by atoms with Gasteiger partial charge in [-0.15, -0.1) is 0 Å². The molecule has 0 aliphatic carbocycles. The van der Waals surface area contributed by atoms with E-state index in [2.05, 4.69) is 11.9 Å². The van der Waals surface area contributed by atoms with Crippen molar-refractivity contribution in [3.8, 4) is 0 Å². The average Bonchev–Trinajstić information content (AvgIpc) is 2.90. The monoisotopic (exact) mass is 306 g/mol. The fourth-order valence-electron chi connectivity index (χ4n) is 2.20. The van der Waals surface area contributed by atoms with Gasteiger partial charge in [-0.1, -0.05) is 42.9 Å². The summed E-state index contributed by atoms with van der Waals surface area (Å²) in [5.41, 5.74) is 1.46. The van der Waals surface area contributed by atoms with Gasteiger partial charge in [-0.05, 0) is 19.4 Å². The average molecular weight is 306 g/mol. The summed E-state index contributed by atoms with van der Waals surface area (Å²) in [6, 6.07) is 6.59. The molecular formula is C16H19FN2OS. The maximum absolute atomic E-state index is 13.9. The summed E-state index contributed by atoms with van der Waals surface area (Å²) in [6.45, 7) is 3.99. The van der Waals surface area contributed by atoms with Gasteiger partial charge < -0.3 is 4.90 Å². The molecule has 112 valence electrons. The highest BCUT2D eigenvalue weighted by atomic mass is 32.1. The molecule has 1 aromatic heterocycles. The van der Waals surface area contributed by atoms with Crippen molar-refractivity contribution in [3.63, 3.8) is 0 Å². The van der Waals surface area contributed by atoms with Crippen LogP contribution >= 0.6 is 11.3 Å².